The summed E-state index contributed by atoms with van der Waals surface area (Å²) in [5, 5.41) is 14.7. The van der Waals surface area contributed by atoms with Gasteiger partial charge in [0.2, 0.25) is 5.88 Å². The van der Waals surface area contributed by atoms with Crippen molar-refractivity contribution in [3.63, 3.8) is 0 Å². The Bertz CT molecular complexity index is 908. The van der Waals surface area contributed by atoms with E-state index in [1.807, 2.05) is 47.0 Å². The number of nitrogens with zero attached hydrogens (tertiary/aromatic N) is 5. The van der Waals surface area contributed by atoms with Crippen LogP contribution in [0.4, 0.5) is 0 Å². The molecule has 2 aromatic heterocycles. The van der Waals surface area contributed by atoms with Crippen molar-refractivity contribution in [3.05, 3.63) is 71.9 Å². The van der Waals surface area contributed by atoms with E-state index in [9.17, 15) is 0 Å². The number of nitrogens with one attached hydrogen (secondary N) is 2. The highest BCUT2D eigenvalue weighted by Crippen LogP contribution is 2.15. The lowest BCUT2D eigenvalue weighted by molar-refractivity contribution is 0.290. The quantitative estimate of drug-likeness (QED) is 0.428. The summed E-state index contributed by atoms with van der Waals surface area (Å²) < 4.78 is 7.95. The molecular formula is C21H27N7O. The zero-order valence-electron chi connectivity index (χ0n) is 16.9. The highest BCUT2D eigenvalue weighted by molar-refractivity contribution is 5.79. The summed E-state index contributed by atoms with van der Waals surface area (Å²) in [6.45, 7) is 4.60. The van der Waals surface area contributed by atoms with Crippen LogP contribution in [0, 0.1) is 0 Å². The molecular weight excluding hydrogens is 366 g/mol. The number of benzene rings is 1. The van der Waals surface area contributed by atoms with Gasteiger partial charge in [-0.1, -0.05) is 43.3 Å². The van der Waals surface area contributed by atoms with Crippen LogP contribution in [0.1, 0.15) is 23.9 Å². The molecule has 2 N–H and O–H groups in total. The average molecular weight is 393 g/mol. The number of guanidine groups is 1. The predicted molar refractivity (Wildman–Crippen MR) is 113 cm³/mol. The first kappa shape index (κ1) is 20.3. The number of aliphatic imine (C=N–C) groups is 1. The van der Waals surface area contributed by atoms with E-state index in [0.717, 1.165) is 36.5 Å². The molecule has 8 nitrogen and oxygen atoms in total. The maximum Gasteiger partial charge on any atom is 0.218 e. The van der Waals surface area contributed by atoms with E-state index in [1.165, 1.54) is 0 Å². The molecule has 0 amide bonds. The van der Waals surface area contributed by atoms with Crippen LogP contribution in [0.15, 0.2) is 60.0 Å². The second-order valence-electron chi connectivity index (χ2n) is 6.39. The van der Waals surface area contributed by atoms with E-state index in [-0.39, 0.29) is 0 Å². The number of rotatable bonds is 9. The largest absolute Gasteiger partial charge is 0.473 e. The molecule has 0 atom stereocenters. The molecule has 0 saturated heterocycles. The molecule has 0 bridgehead atoms. The van der Waals surface area contributed by atoms with E-state index in [2.05, 4.69) is 37.7 Å². The van der Waals surface area contributed by atoms with E-state index in [1.54, 1.807) is 19.6 Å². The van der Waals surface area contributed by atoms with Gasteiger partial charge in [0.05, 0.1) is 0 Å². The van der Waals surface area contributed by atoms with Gasteiger partial charge in [0.25, 0.3) is 0 Å². The van der Waals surface area contributed by atoms with E-state index >= 15 is 0 Å². The molecule has 0 fully saturated rings. The number of ether oxygens (including phenoxy) is 1. The lowest BCUT2D eigenvalue weighted by Gasteiger charge is -2.14. The van der Waals surface area contributed by atoms with Crippen LogP contribution in [0.3, 0.4) is 0 Å². The zero-order valence-corrected chi connectivity index (χ0v) is 16.9. The standard InChI is InChI=1S/C21H27N7O/c1-3-19-27-26-16-28(19)13-12-24-21(22-2)25-14-18-10-7-11-23-20(18)29-15-17-8-5-4-6-9-17/h4-11,16H,3,12-15H2,1-2H3,(H2,22,24,25). The number of hydrogen-bond acceptors (Lipinski definition) is 5. The number of hydrogen-bond donors (Lipinski definition) is 2. The fraction of sp³-hybridized carbons (Fsp3) is 0.333. The molecule has 8 heteroatoms. The fourth-order valence-corrected chi connectivity index (χ4v) is 2.85. The molecule has 152 valence electrons. The minimum absolute atomic E-state index is 0.483. The van der Waals surface area contributed by atoms with Gasteiger partial charge in [-0.15, -0.1) is 10.2 Å². The van der Waals surface area contributed by atoms with Crippen LogP contribution < -0.4 is 15.4 Å². The van der Waals surface area contributed by atoms with Gasteiger partial charge in [-0.3, -0.25) is 4.99 Å². The summed E-state index contributed by atoms with van der Waals surface area (Å²) in [4.78, 5) is 8.65. The Morgan fingerprint density at radius 1 is 1.14 bits per heavy atom. The molecule has 0 aliphatic heterocycles. The highest BCUT2D eigenvalue weighted by atomic mass is 16.5. The van der Waals surface area contributed by atoms with Crippen molar-refractivity contribution in [2.45, 2.75) is 33.0 Å². The summed E-state index contributed by atoms with van der Waals surface area (Å²) >= 11 is 0. The van der Waals surface area contributed by atoms with Crippen molar-refractivity contribution < 1.29 is 4.74 Å². The van der Waals surface area contributed by atoms with Crippen molar-refractivity contribution in [2.24, 2.45) is 4.99 Å². The number of pyridine rings is 1. The Hall–Kier alpha value is -3.42. The molecule has 1 aromatic carbocycles. The summed E-state index contributed by atoms with van der Waals surface area (Å²) in [5.74, 6) is 2.32. The van der Waals surface area contributed by atoms with Gasteiger partial charge in [0.15, 0.2) is 5.96 Å². The highest BCUT2D eigenvalue weighted by Gasteiger charge is 2.07. The van der Waals surface area contributed by atoms with Crippen molar-refractivity contribution >= 4 is 5.96 Å². The van der Waals surface area contributed by atoms with Gasteiger partial charge in [-0.2, -0.15) is 0 Å². The Morgan fingerprint density at radius 3 is 2.79 bits per heavy atom. The van der Waals surface area contributed by atoms with Gasteiger partial charge >= 0.3 is 0 Å². The average Bonchev–Trinajstić information content (AvgIpc) is 3.23. The molecule has 3 rings (SSSR count). The topological polar surface area (TPSA) is 89.2 Å². The molecule has 3 aromatic rings. The third-order valence-electron chi connectivity index (χ3n) is 4.40. The first-order valence-electron chi connectivity index (χ1n) is 9.72. The molecule has 0 saturated carbocycles. The van der Waals surface area contributed by atoms with E-state index in [4.69, 9.17) is 4.74 Å². The van der Waals surface area contributed by atoms with Crippen LogP contribution in [0.5, 0.6) is 5.88 Å². The first-order valence-corrected chi connectivity index (χ1v) is 9.72. The maximum absolute atomic E-state index is 5.92. The Balaban J connectivity index is 1.50. The zero-order chi connectivity index (χ0) is 20.3. The Kier molecular flexibility index (Phi) is 7.56. The first-order chi connectivity index (χ1) is 14.3. The second kappa shape index (κ2) is 10.8. The molecule has 0 radical (unpaired) electrons. The van der Waals surface area contributed by atoms with Gasteiger partial charge in [0.1, 0.15) is 18.8 Å². The molecule has 0 spiro atoms. The Morgan fingerprint density at radius 2 is 2.00 bits per heavy atom. The SMILES string of the molecule is CCc1nncn1CCNC(=NC)NCc1cccnc1OCc1ccccc1. The summed E-state index contributed by atoms with van der Waals surface area (Å²) in [7, 11) is 1.75. The molecule has 0 aliphatic rings. The Labute approximate surface area is 171 Å². The lowest BCUT2D eigenvalue weighted by atomic mass is 10.2. The third-order valence-corrected chi connectivity index (χ3v) is 4.40. The summed E-state index contributed by atoms with van der Waals surface area (Å²) in [6, 6.07) is 14.0. The van der Waals surface area contributed by atoms with Gasteiger partial charge in [0, 0.05) is 44.9 Å². The summed E-state index contributed by atoms with van der Waals surface area (Å²) in [5.41, 5.74) is 2.08. The molecule has 29 heavy (non-hydrogen) atoms. The van der Waals surface area contributed by atoms with Gasteiger partial charge in [-0.25, -0.2) is 4.98 Å². The van der Waals surface area contributed by atoms with Crippen molar-refractivity contribution in [3.8, 4) is 5.88 Å². The molecule has 0 unspecified atom stereocenters. The predicted octanol–water partition coefficient (Wildman–Crippen LogP) is 2.18. The van der Waals surface area contributed by atoms with Gasteiger partial charge in [-0.05, 0) is 11.6 Å². The lowest BCUT2D eigenvalue weighted by Crippen LogP contribution is -2.38. The fourth-order valence-electron chi connectivity index (χ4n) is 2.85. The number of aromatic nitrogens is 4. The van der Waals surface area contributed by atoms with Crippen molar-refractivity contribution in [2.75, 3.05) is 13.6 Å². The van der Waals surface area contributed by atoms with Crippen molar-refractivity contribution in [1.82, 2.24) is 30.4 Å². The van der Waals surface area contributed by atoms with Crippen LogP contribution in [0.25, 0.3) is 0 Å². The third kappa shape index (κ3) is 6.03. The van der Waals surface area contributed by atoms with Crippen LogP contribution in [0.2, 0.25) is 0 Å². The van der Waals surface area contributed by atoms with Crippen LogP contribution in [-0.4, -0.2) is 39.3 Å². The maximum atomic E-state index is 5.92. The minimum atomic E-state index is 0.483. The van der Waals surface area contributed by atoms with Crippen molar-refractivity contribution in [1.29, 1.82) is 0 Å². The normalized spacial score (nSPS) is 11.3. The summed E-state index contributed by atoms with van der Waals surface area (Å²) in [6.07, 6.45) is 4.35. The van der Waals surface area contributed by atoms with Crippen LogP contribution in [-0.2, 0) is 26.1 Å². The molecule has 0 aliphatic carbocycles. The molecule has 2 heterocycles. The second-order valence-corrected chi connectivity index (χ2v) is 6.39. The van der Waals surface area contributed by atoms with E-state index in [0.29, 0.717) is 25.0 Å². The monoisotopic (exact) mass is 393 g/mol. The van der Waals surface area contributed by atoms with Crippen LogP contribution >= 0.6 is 0 Å². The van der Waals surface area contributed by atoms with Gasteiger partial charge < -0.3 is 19.9 Å². The minimum Gasteiger partial charge on any atom is -0.473 e. The number of aryl methyl sites for hydroxylation is 1. The smallest absolute Gasteiger partial charge is 0.218 e. The van der Waals surface area contributed by atoms with E-state index < -0.39 is 0 Å².